The van der Waals surface area contributed by atoms with Gasteiger partial charge in [-0.25, -0.2) is 4.79 Å². The Morgan fingerprint density at radius 2 is 2.00 bits per heavy atom. The lowest BCUT2D eigenvalue weighted by Crippen LogP contribution is -2.31. The zero-order valence-electron chi connectivity index (χ0n) is 12.2. The Morgan fingerprint density at radius 3 is 2.52 bits per heavy atom. The van der Waals surface area contributed by atoms with Crippen molar-refractivity contribution in [3.05, 3.63) is 52.2 Å². The van der Waals surface area contributed by atoms with Gasteiger partial charge >= 0.3 is 5.69 Å². The fraction of sp³-hybridized carbons (Fsp3) is 0.333. The van der Waals surface area contributed by atoms with Crippen LogP contribution in [0.5, 0.6) is 0 Å². The number of hydrogen-bond donors (Lipinski definition) is 2. The number of rotatable bonds is 6. The molecule has 0 radical (unpaired) electrons. The predicted octanol–water partition coefficient (Wildman–Crippen LogP) is 2.48. The highest BCUT2D eigenvalue weighted by Gasteiger charge is 2.17. The quantitative estimate of drug-likeness (QED) is 0.806. The summed E-state index contributed by atoms with van der Waals surface area (Å²) in [6.07, 6.45) is 4.32. The SMILES string of the molecule is CCCN(Cc1ccc(SC)cc1)C(=O)c1c[nH]c(=O)[nH]1. The highest BCUT2D eigenvalue weighted by atomic mass is 32.2. The molecule has 1 amide bonds. The molecular weight excluding hydrogens is 286 g/mol. The average Bonchev–Trinajstić information content (AvgIpc) is 2.93. The van der Waals surface area contributed by atoms with Gasteiger partial charge in [0.25, 0.3) is 5.91 Å². The minimum Gasteiger partial charge on any atom is -0.333 e. The van der Waals surface area contributed by atoms with Gasteiger partial charge in [0.1, 0.15) is 5.69 Å². The van der Waals surface area contributed by atoms with E-state index in [1.165, 1.54) is 11.1 Å². The zero-order valence-corrected chi connectivity index (χ0v) is 13.0. The molecule has 1 aromatic heterocycles. The van der Waals surface area contributed by atoms with E-state index >= 15 is 0 Å². The molecule has 2 rings (SSSR count). The third-order valence-corrected chi connectivity index (χ3v) is 3.88. The first-order valence-electron chi connectivity index (χ1n) is 6.84. The Balaban J connectivity index is 2.14. The molecule has 0 aliphatic carbocycles. The van der Waals surface area contributed by atoms with Crippen molar-refractivity contribution in [2.45, 2.75) is 24.8 Å². The summed E-state index contributed by atoms with van der Waals surface area (Å²) in [5.41, 5.74) is 1.01. The molecule has 5 nitrogen and oxygen atoms in total. The average molecular weight is 305 g/mol. The molecule has 21 heavy (non-hydrogen) atoms. The van der Waals surface area contributed by atoms with Crippen molar-refractivity contribution in [3.8, 4) is 0 Å². The molecule has 2 aromatic rings. The van der Waals surface area contributed by atoms with Crippen LogP contribution in [0.25, 0.3) is 0 Å². The number of nitrogens with zero attached hydrogens (tertiary/aromatic N) is 1. The second-order valence-corrected chi connectivity index (χ2v) is 5.61. The molecular formula is C15H19N3O2S. The summed E-state index contributed by atoms with van der Waals surface area (Å²) in [6, 6.07) is 8.16. The molecule has 0 aliphatic rings. The third kappa shape index (κ3) is 4.01. The lowest BCUT2D eigenvalue weighted by Gasteiger charge is -2.21. The second kappa shape index (κ2) is 7.17. The van der Waals surface area contributed by atoms with Crippen LogP contribution in [0, 0.1) is 0 Å². The summed E-state index contributed by atoms with van der Waals surface area (Å²) in [5.74, 6) is -0.163. The Hall–Kier alpha value is -1.95. The Kier molecular flexibility index (Phi) is 5.27. The van der Waals surface area contributed by atoms with Gasteiger partial charge < -0.3 is 14.9 Å². The van der Waals surface area contributed by atoms with Gasteiger partial charge in [-0.15, -0.1) is 11.8 Å². The topological polar surface area (TPSA) is 69.0 Å². The van der Waals surface area contributed by atoms with Crippen LogP contribution in [-0.2, 0) is 6.54 Å². The minimum atomic E-state index is -0.362. The number of hydrogen-bond acceptors (Lipinski definition) is 3. The Bertz CT molecular complexity index is 645. The predicted molar refractivity (Wildman–Crippen MR) is 84.7 cm³/mol. The van der Waals surface area contributed by atoms with E-state index in [2.05, 4.69) is 9.97 Å². The molecule has 0 fully saturated rings. The van der Waals surface area contributed by atoms with Crippen molar-refractivity contribution < 1.29 is 4.79 Å². The molecule has 0 aliphatic heterocycles. The van der Waals surface area contributed by atoms with E-state index < -0.39 is 0 Å². The Labute approximate surface area is 127 Å². The fourth-order valence-electron chi connectivity index (χ4n) is 2.09. The van der Waals surface area contributed by atoms with Crippen LogP contribution in [0.2, 0.25) is 0 Å². The third-order valence-electron chi connectivity index (χ3n) is 3.14. The Morgan fingerprint density at radius 1 is 1.29 bits per heavy atom. The van der Waals surface area contributed by atoms with E-state index in [1.807, 2.05) is 37.4 Å². The molecule has 2 N–H and O–H groups in total. The largest absolute Gasteiger partial charge is 0.333 e. The van der Waals surface area contributed by atoms with E-state index in [-0.39, 0.29) is 11.6 Å². The van der Waals surface area contributed by atoms with Crippen LogP contribution >= 0.6 is 11.8 Å². The first kappa shape index (κ1) is 15.4. The van der Waals surface area contributed by atoms with Crippen LogP contribution < -0.4 is 5.69 Å². The van der Waals surface area contributed by atoms with Gasteiger partial charge in [-0.1, -0.05) is 19.1 Å². The van der Waals surface area contributed by atoms with E-state index in [0.717, 1.165) is 12.0 Å². The van der Waals surface area contributed by atoms with Gasteiger partial charge in [0.05, 0.1) is 0 Å². The van der Waals surface area contributed by atoms with Crippen molar-refractivity contribution >= 4 is 17.7 Å². The number of benzene rings is 1. The number of imidazole rings is 1. The summed E-state index contributed by atoms with van der Waals surface area (Å²) in [6.45, 7) is 3.21. The molecule has 112 valence electrons. The molecule has 1 heterocycles. The van der Waals surface area contributed by atoms with Gasteiger partial charge in [-0.2, -0.15) is 0 Å². The van der Waals surface area contributed by atoms with Gasteiger partial charge in [0, 0.05) is 24.2 Å². The summed E-state index contributed by atoms with van der Waals surface area (Å²) in [4.78, 5) is 31.4. The van der Waals surface area contributed by atoms with E-state index in [9.17, 15) is 9.59 Å². The van der Waals surface area contributed by atoms with E-state index in [4.69, 9.17) is 0 Å². The number of carbonyl (C=O) groups is 1. The normalized spacial score (nSPS) is 10.6. The van der Waals surface area contributed by atoms with Gasteiger partial charge in [-0.05, 0) is 30.4 Å². The number of nitrogens with one attached hydrogen (secondary N) is 2. The maximum atomic E-state index is 12.4. The maximum absolute atomic E-state index is 12.4. The number of H-pyrrole nitrogens is 2. The molecule has 0 saturated carbocycles. The maximum Gasteiger partial charge on any atom is 0.323 e. The number of amides is 1. The fourth-order valence-corrected chi connectivity index (χ4v) is 2.50. The molecule has 0 spiro atoms. The summed E-state index contributed by atoms with van der Waals surface area (Å²) in [7, 11) is 0. The number of aromatic nitrogens is 2. The van der Waals surface area contributed by atoms with Crippen molar-refractivity contribution in [1.82, 2.24) is 14.9 Å². The van der Waals surface area contributed by atoms with Crippen LogP contribution in [0.4, 0.5) is 0 Å². The smallest absolute Gasteiger partial charge is 0.323 e. The second-order valence-electron chi connectivity index (χ2n) is 4.73. The summed E-state index contributed by atoms with van der Waals surface area (Å²) >= 11 is 1.69. The van der Waals surface area contributed by atoms with Gasteiger partial charge in [-0.3, -0.25) is 4.79 Å². The van der Waals surface area contributed by atoms with Gasteiger partial charge in [0.15, 0.2) is 0 Å². The van der Waals surface area contributed by atoms with Crippen molar-refractivity contribution in [3.63, 3.8) is 0 Å². The molecule has 0 saturated heterocycles. The lowest BCUT2D eigenvalue weighted by molar-refractivity contribution is 0.0737. The standard InChI is InChI=1S/C15H19N3O2S/c1-3-8-18(14(19)13-9-16-15(20)17-13)10-11-4-6-12(21-2)7-5-11/h4-7,9H,3,8,10H2,1-2H3,(H2,16,17,20). The molecule has 1 aromatic carbocycles. The van der Waals surface area contributed by atoms with E-state index in [1.54, 1.807) is 16.7 Å². The van der Waals surface area contributed by atoms with Crippen LogP contribution in [-0.4, -0.2) is 33.6 Å². The minimum absolute atomic E-state index is 0.163. The summed E-state index contributed by atoms with van der Waals surface area (Å²) < 4.78 is 0. The monoisotopic (exact) mass is 305 g/mol. The van der Waals surface area contributed by atoms with Crippen LogP contribution in [0.15, 0.2) is 40.2 Å². The first-order valence-corrected chi connectivity index (χ1v) is 8.06. The van der Waals surface area contributed by atoms with Gasteiger partial charge in [0.2, 0.25) is 0 Å². The highest BCUT2D eigenvalue weighted by Crippen LogP contribution is 2.16. The van der Waals surface area contributed by atoms with E-state index in [0.29, 0.717) is 18.8 Å². The lowest BCUT2D eigenvalue weighted by atomic mass is 10.2. The first-order chi connectivity index (χ1) is 10.1. The highest BCUT2D eigenvalue weighted by molar-refractivity contribution is 7.98. The number of aromatic amines is 2. The van der Waals surface area contributed by atoms with Crippen molar-refractivity contribution in [2.75, 3.05) is 12.8 Å². The molecule has 0 atom stereocenters. The number of thioether (sulfide) groups is 1. The molecule has 0 bridgehead atoms. The van der Waals surface area contributed by atoms with Crippen molar-refractivity contribution in [1.29, 1.82) is 0 Å². The zero-order chi connectivity index (χ0) is 15.2. The van der Waals surface area contributed by atoms with Crippen LogP contribution in [0.1, 0.15) is 29.4 Å². The summed E-state index contributed by atoms with van der Waals surface area (Å²) in [5, 5.41) is 0. The van der Waals surface area contributed by atoms with Crippen molar-refractivity contribution in [2.24, 2.45) is 0 Å². The molecule has 0 unspecified atom stereocenters. The number of carbonyl (C=O) groups excluding carboxylic acids is 1. The van der Waals surface area contributed by atoms with Crippen LogP contribution in [0.3, 0.4) is 0 Å². The molecule has 6 heteroatoms.